The number of methoxy groups -OCH3 is 1. The zero-order valence-corrected chi connectivity index (χ0v) is 14.8. The molecule has 142 valence electrons. The smallest absolute Gasteiger partial charge is 0.257 e. The normalized spacial score (nSPS) is 16.0. The van der Waals surface area contributed by atoms with Gasteiger partial charge in [-0.2, -0.15) is 0 Å². The number of aromatic nitrogens is 1. The summed E-state index contributed by atoms with van der Waals surface area (Å²) in [6.07, 6.45) is 1.90. The number of pyridine rings is 1. The average Bonchev–Trinajstić information content (AvgIpc) is 2.63. The van der Waals surface area contributed by atoms with Crippen molar-refractivity contribution < 1.29 is 23.1 Å². The third kappa shape index (κ3) is 3.47. The molecule has 2 aromatic rings. The highest BCUT2D eigenvalue weighted by Gasteiger charge is 2.30. The minimum Gasteiger partial charge on any atom is -0.491 e. The number of ketones is 1. The second-order valence-corrected chi connectivity index (χ2v) is 6.42. The fourth-order valence-electron chi connectivity index (χ4n) is 3.05. The van der Waals surface area contributed by atoms with Gasteiger partial charge in [-0.15, -0.1) is 0 Å². The number of nitrogens with one attached hydrogen (secondary N) is 1. The fourth-order valence-corrected chi connectivity index (χ4v) is 3.05. The molecule has 8 heteroatoms. The minimum atomic E-state index is -0.797. The van der Waals surface area contributed by atoms with Crippen molar-refractivity contribution in [2.45, 2.75) is 26.4 Å². The summed E-state index contributed by atoms with van der Waals surface area (Å²) >= 11 is 0. The van der Waals surface area contributed by atoms with Gasteiger partial charge in [0.15, 0.2) is 11.5 Å². The van der Waals surface area contributed by atoms with Gasteiger partial charge in [0.05, 0.1) is 7.11 Å². The van der Waals surface area contributed by atoms with Gasteiger partial charge in [0, 0.05) is 36.8 Å². The Labute approximate surface area is 153 Å². The van der Waals surface area contributed by atoms with Crippen molar-refractivity contribution in [3.63, 3.8) is 0 Å². The van der Waals surface area contributed by atoms with Gasteiger partial charge in [-0.05, 0) is 12.5 Å². The first kappa shape index (κ1) is 18.8. The number of halogens is 2. The van der Waals surface area contributed by atoms with E-state index in [1.807, 2.05) is 0 Å². The van der Waals surface area contributed by atoms with Crippen LogP contribution in [0.5, 0.6) is 5.75 Å². The Balaban J connectivity index is 1.91. The lowest BCUT2D eigenvalue weighted by Crippen LogP contribution is -2.34. The standard InChI is InChI=1S/C19H18F2N2O4/c1-10-5-6-23-9-13(17(25)18(27-2)15(23)16(10)24)19(26)22-8-11-3-4-12(20)7-14(11)21/h3-4,7,9-10H,5-6,8H2,1-2H3,(H,22,26). The Morgan fingerprint density at radius 3 is 2.74 bits per heavy atom. The topological polar surface area (TPSA) is 77.4 Å². The fraction of sp³-hybridized carbons (Fsp3) is 0.316. The maximum absolute atomic E-state index is 13.7. The Morgan fingerprint density at radius 1 is 1.33 bits per heavy atom. The summed E-state index contributed by atoms with van der Waals surface area (Å²) in [6, 6.07) is 3.00. The zero-order valence-electron chi connectivity index (χ0n) is 14.8. The van der Waals surface area contributed by atoms with E-state index in [1.54, 1.807) is 6.92 Å². The molecule has 1 N–H and O–H groups in total. The Bertz CT molecular complexity index is 984. The first-order chi connectivity index (χ1) is 12.8. The maximum Gasteiger partial charge on any atom is 0.257 e. The van der Waals surface area contributed by atoms with Crippen molar-refractivity contribution in [1.82, 2.24) is 9.88 Å². The van der Waals surface area contributed by atoms with E-state index in [-0.39, 0.29) is 40.8 Å². The molecule has 1 aliphatic rings. The number of Topliss-reactive ketones (excluding diaryl/α,β-unsaturated/α-hetero) is 1. The van der Waals surface area contributed by atoms with Crippen molar-refractivity contribution in [3.8, 4) is 5.75 Å². The van der Waals surface area contributed by atoms with Gasteiger partial charge in [0.25, 0.3) is 5.91 Å². The first-order valence-electron chi connectivity index (χ1n) is 8.41. The quantitative estimate of drug-likeness (QED) is 0.888. The van der Waals surface area contributed by atoms with Gasteiger partial charge >= 0.3 is 0 Å². The van der Waals surface area contributed by atoms with Gasteiger partial charge in [0.2, 0.25) is 5.43 Å². The predicted molar refractivity (Wildman–Crippen MR) is 92.9 cm³/mol. The number of nitrogens with zero attached hydrogens (tertiary/aromatic N) is 1. The highest BCUT2D eigenvalue weighted by Crippen LogP contribution is 2.26. The molecular formula is C19H18F2N2O4. The van der Waals surface area contributed by atoms with Gasteiger partial charge in [0.1, 0.15) is 22.9 Å². The third-order valence-corrected chi connectivity index (χ3v) is 4.63. The van der Waals surface area contributed by atoms with E-state index in [4.69, 9.17) is 4.74 Å². The van der Waals surface area contributed by atoms with E-state index in [1.165, 1.54) is 23.9 Å². The molecular weight excluding hydrogens is 358 g/mol. The Morgan fingerprint density at radius 2 is 2.07 bits per heavy atom. The SMILES string of the molecule is COc1c2n(cc(C(=O)NCc3ccc(F)cc3F)c1=O)CCC(C)C2=O. The average molecular weight is 376 g/mol. The third-order valence-electron chi connectivity index (χ3n) is 4.63. The van der Waals surface area contributed by atoms with Crippen LogP contribution in [0.1, 0.15) is 39.8 Å². The molecule has 0 radical (unpaired) electrons. The largest absolute Gasteiger partial charge is 0.491 e. The molecule has 0 bridgehead atoms. The first-order valence-corrected chi connectivity index (χ1v) is 8.41. The van der Waals surface area contributed by atoms with Gasteiger partial charge in [-0.1, -0.05) is 13.0 Å². The van der Waals surface area contributed by atoms with E-state index in [0.29, 0.717) is 19.0 Å². The number of carbonyl (C=O) groups excluding carboxylic acids is 2. The van der Waals surface area contributed by atoms with Crippen LogP contribution in [-0.4, -0.2) is 23.4 Å². The minimum absolute atomic E-state index is 0.0822. The monoisotopic (exact) mass is 376 g/mol. The van der Waals surface area contributed by atoms with Crippen LogP contribution in [0.4, 0.5) is 8.78 Å². The van der Waals surface area contributed by atoms with E-state index in [0.717, 1.165) is 6.07 Å². The van der Waals surface area contributed by atoms with E-state index in [9.17, 15) is 23.2 Å². The van der Waals surface area contributed by atoms with Crippen LogP contribution in [0.2, 0.25) is 0 Å². The lowest BCUT2D eigenvalue weighted by atomic mass is 9.94. The van der Waals surface area contributed by atoms with Crippen molar-refractivity contribution in [2.24, 2.45) is 5.92 Å². The van der Waals surface area contributed by atoms with Crippen LogP contribution in [0.15, 0.2) is 29.2 Å². The number of fused-ring (bicyclic) bond motifs is 1. The zero-order chi connectivity index (χ0) is 19.7. The second kappa shape index (κ2) is 7.30. The molecule has 2 heterocycles. The van der Waals surface area contributed by atoms with Gasteiger partial charge < -0.3 is 14.6 Å². The summed E-state index contributed by atoms with van der Waals surface area (Å²) in [6.45, 7) is 2.02. The second-order valence-electron chi connectivity index (χ2n) is 6.42. The van der Waals surface area contributed by atoms with Crippen LogP contribution in [0.3, 0.4) is 0 Å². The highest BCUT2D eigenvalue weighted by atomic mass is 19.1. The van der Waals surface area contributed by atoms with Gasteiger partial charge in [-0.25, -0.2) is 8.78 Å². The van der Waals surface area contributed by atoms with Crippen molar-refractivity contribution in [3.05, 3.63) is 63.1 Å². The molecule has 1 atom stereocenters. The summed E-state index contributed by atoms with van der Waals surface area (Å²) < 4.78 is 33.3. The number of amides is 1. The van der Waals surface area contributed by atoms with E-state index < -0.39 is 23.0 Å². The molecule has 3 rings (SSSR count). The molecule has 0 fully saturated rings. The molecule has 0 aliphatic carbocycles. The lowest BCUT2D eigenvalue weighted by Gasteiger charge is -2.24. The molecule has 0 saturated heterocycles. The summed E-state index contributed by atoms with van der Waals surface area (Å²) in [5.41, 5.74) is -0.676. The molecule has 0 saturated carbocycles. The van der Waals surface area contributed by atoms with Crippen LogP contribution in [0, 0.1) is 17.6 Å². The molecule has 0 spiro atoms. The van der Waals surface area contributed by atoms with Crippen LogP contribution in [-0.2, 0) is 13.1 Å². The van der Waals surface area contributed by atoms with Crippen LogP contribution < -0.4 is 15.5 Å². The van der Waals surface area contributed by atoms with E-state index >= 15 is 0 Å². The number of ether oxygens (including phenoxy) is 1. The highest BCUT2D eigenvalue weighted by molar-refractivity contribution is 6.01. The Hall–Kier alpha value is -3.03. The molecule has 27 heavy (non-hydrogen) atoms. The van der Waals surface area contributed by atoms with Crippen LogP contribution in [0.25, 0.3) is 0 Å². The maximum atomic E-state index is 13.7. The molecule has 1 amide bonds. The lowest BCUT2D eigenvalue weighted by molar-refractivity contribution is 0.0879. The number of rotatable bonds is 4. The van der Waals surface area contributed by atoms with Crippen molar-refractivity contribution >= 4 is 11.7 Å². The number of aryl methyl sites for hydroxylation is 1. The predicted octanol–water partition coefficient (Wildman–Crippen LogP) is 2.29. The molecule has 1 aromatic heterocycles. The molecule has 1 aromatic carbocycles. The number of carbonyl (C=O) groups is 2. The Kier molecular flexibility index (Phi) is 5.07. The molecule has 6 nitrogen and oxygen atoms in total. The van der Waals surface area contributed by atoms with E-state index in [2.05, 4.69) is 5.32 Å². The number of hydrogen-bond acceptors (Lipinski definition) is 4. The summed E-state index contributed by atoms with van der Waals surface area (Å²) in [7, 11) is 1.26. The summed E-state index contributed by atoms with van der Waals surface area (Å²) in [4.78, 5) is 37.5. The number of hydrogen-bond donors (Lipinski definition) is 1. The number of benzene rings is 1. The van der Waals surface area contributed by atoms with Crippen molar-refractivity contribution in [2.75, 3.05) is 7.11 Å². The summed E-state index contributed by atoms with van der Waals surface area (Å²) in [5, 5.41) is 2.44. The van der Waals surface area contributed by atoms with Crippen molar-refractivity contribution in [1.29, 1.82) is 0 Å². The molecule has 1 unspecified atom stereocenters. The molecule has 1 aliphatic heterocycles. The van der Waals surface area contributed by atoms with Gasteiger partial charge in [-0.3, -0.25) is 14.4 Å². The van der Waals surface area contributed by atoms with Crippen LogP contribution >= 0.6 is 0 Å². The summed E-state index contributed by atoms with van der Waals surface area (Å²) in [5.74, 6) is -2.88.